The zero-order chi connectivity index (χ0) is 17.6. The first kappa shape index (κ1) is 18.7. The molecule has 1 aromatic carbocycles. The molecule has 1 unspecified atom stereocenters. The van der Waals surface area contributed by atoms with E-state index in [4.69, 9.17) is 9.47 Å². The number of rotatable bonds is 9. The van der Waals surface area contributed by atoms with E-state index in [9.17, 15) is 18.3 Å². The second-order valence-corrected chi connectivity index (χ2v) is 8.02. The molecule has 2 rings (SSSR count). The number of carboxylic acids is 1. The molecule has 0 radical (unpaired) electrons. The monoisotopic (exact) mass is 357 g/mol. The molecule has 0 aromatic heterocycles. The zero-order valence-electron chi connectivity index (χ0n) is 13.7. The maximum Gasteiger partial charge on any atom is 0.339 e. The van der Waals surface area contributed by atoms with Crippen LogP contribution in [-0.4, -0.2) is 68.9 Å². The number of sulfone groups is 1. The first-order chi connectivity index (χ1) is 11.4. The van der Waals surface area contributed by atoms with Gasteiger partial charge >= 0.3 is 5.97 Å². The van der Waals surface area contributed by atoms with Crippen LogP contribution in [0.3, 0.4) is 0 Å². The second kappa shape index (κ2) is 8.46. The second-order valence-electron chi connectivity index (χ2n) is 5.79. The molecule has 1 aliphatic rings. The first-order valence-corrected chi connectivity index (χ1v) is 9.63. The van der Waals surface area contributed by atoms with Crippen LogP contribution in [0.1, 0.15) is 23.2 Å². The van der Waals surface area contributed by atoms with E-state index in [0.29, 0.717) is 19.6 Å². The van der Waals surface area contributed by atoms with Crippen molar-refractivity contribution in [3.8, 4) is 5.75 Å². The van der Waals surface area contributed by atoms with Crippen molar-refractivity contribution in [2.75, 3.05) is 38.5 Å². The summed E-state index contributed by atoms with van der Waals surface area (Å²) in [4.78, 5) is 13.2. The summed E-state index contributed by atoms with van der Waals surface area (Å²) in [5.74, 6) is -0.476. The van der Waals surface area contributed by atoms with Gasteiger partial charge in [0.1, 0.15) is 18.0 Å². The van der Waals surface area contributed by atoms with Crippen molar-refractivity contribution in [1.82, 2.24) is 4.90 Å². The molecule has 0 spiro atoms. The van der Waals surface area contributed by atoms with Crippen LogP contribution in [0.25, 0.3) is 0 Å². The van der Waals surface area contributed by atoms with Gasteiger partial charge in [0.25, 0.3) is 0 Å². The molecule has 7 nitrogen and oxygen atoms in total. The van der Waals surface area contributed by atoms with Gasteiger partial charge in [-0.2, -0.15) is 0 Å². The number of hydrogen-bond acceptors (Lipinski definition) is 6. The lowest BCUT2D eigenvalue weighted by Gasteiger charge is -2.28. The Morgan fingerprint density at radius 3 is 2.75 bits per heavy atom. The van der Waals surface area contributed by atoms with Crippen LogP contribution in [0.2, 0.25) is 0 Å². The Labute approximate surface area is 142 Å². The molecule has 0 bridgehead atoms. The van der Waals surface area contributed by atoms with Crippen molar-refractivity contribution in [3.05, 3.63) is 29.8 Å². The Hall–Kier alpha value is -1.64. The lowest BCUT2D eigenvalue weighted by molar-refractivity contribution is 0.0663. The number of carbonyl (C=O) groups is 1. The van der Waals surface area contributed by atoms with Gasteiger partial charge in [0.15, 0.2) is 9.84 Å². The molecule has 0 saturated carbocycles. The predicted octanol–water partition coefficient (Wildman–Crippen LogP) is 1.25. The van der Waals surface area contributed by atoms with Gasteiger partial charge in [-0.25, -0.2) is 13.2 Å². The number of para-hydroxylation sites is 1. The van der Waals surface area contributed by atoms with Crippen molar-refractivity contribution in [3.63, 3.8) is 0 Å². The number of nitrogens with zero attached hydrogens (tertiary/aromatic N) is 1. The Bertz CT molecular complexity index is 660. The van der Waals surface area contributed by atoms with E-state index in [1.165, 1.54) is 6.07 Å². The summed E-state index contributed by atoms with van der Waals surface area (Å²) in [6.45, 7) is 1.35. The molecule has 1 heterocycles. The normalized spacial score (nSPS) is 19.5. The van der Waals surface area contributed by atoms with E-state index in [0.717, 1.165) is 6.42 Å². The highest BCUT2D eigenvalue weighted by atomic mass is 32.2. The molecule has 0 amide bonds. The number of methoxy groups -OCH3 is 1. The van der Waals surface area contributed by atoms with E-state index in [1.54, 1.807) is 25.3 Å². The lowest BCUT2D eigenvalue weighted by Crippen LogP contribution is -2.40. The Balaban J connectivity index is 2.04. The van der Waals surface area contributed by atoms with Crippen molar-refractivity contribution in [1.29, 1.82) is 0 Å². The molecular weight excluding hydrogens is 334 g/mol. The fourth-order valence-corrected chi connectivity index (χ4v) is 4.51. The minimum atomic E-state index is -3.00. The summed E-state index contributed by atoms with van der Waals surface area (Å²) in [5.41, 5.74) is 0.0911. The number of aromatic carboxylic acids is 1. The Morgan fingerprint density at radius 2 is 2.12 bits per heavy atom. The average molecular weight is 357 g/mol. The lowest BCUT2D eigenvalue weighted by atomic mass is 10.2. The topological polar surface area (TPSA) is 93.1 Å². The van der Waals surface area contributed by atoms with E-state index in [1.807, 2.05) is 4.90 Å². The van der Waals surface area contributed by atoms with Crippen LogP contribution in [0.4, 0.5) is 0 Å². The fraction of sp³-hybridized carbons (Fsp3) is 0.562. The summed E-state index contributed by atoms with van der Waals surface area (Å²) in [5, 5.41) is 9.19. The van der Waals surface area contributed by atoms with Gasteiger partial charge in [-0.05, 0) is 25.0 Å². The largest absolute Gasteiger partial charge is 0.478 e. The summed E-state index contributed by atoms with van der Waals surface area (Å²) in [6, 6.07) is 6.31. The SMILES string of the molecule is COCCCN(COc1ccccc1C(=O)O)C1CCS(=O)(=O)C1. The molecule has 1 N–H and O–H groups in total. The number of ether oxygens (including phenoxy) is 2. The number of hydrogen-bond donors (Lipinski definition) is 1. The third kappa shape index (κ3) is 5.19. The highest BCUT2D eigenvalue weighted by Gasteiger charge is 2.32. The molecule has 1 aliphatic heterocycles. The quantitative estimate of drug-likeness (QED) is 0.525. The molecule has 134 valence electrons. The van der Waals surface area contributed by atoms with Gasteiger partial charge < -0.3 is 14.6 Å². The van der Waals surface area contributed by atoms with Gasteiger partial charge in [0, 0.05) is 26.3 Å². The van der Waals surface area contributed by atoms with Gasteiger partial charge in [-0.15, -0.1) is 0 Å². The first-order valence-electron chi connectivity index (χ1n) is 7.81. The minimum Gasteiger partial charge on any atom is -0.478 e. The van der Waals surface area contributed by atoms with Gasteiger partial charge in [0.2, 0.25) is 0 Å². The standard InChI is InChI=1S/C16H23NO6S/c1-22-9-4-8-17(13-7-10-24(20,21)11-13)12-23-15-6-3-2-5-14(15)16(18)19/h2-3,5-6,13H,4,7-12H2,1H3,(H,18,19). The van der Waals surface area contributed by atoms with Crippen LogP contribution >= 0.6 is 0 Å². The Kier molecular flexibility index (Phi) is 6.59. The molecule has 8 heteroatoms. The maximum absolute atomic E-state index is 11.7. The molecule has 1 saturated heterocycles. The minimum absolute atomic E-state index is 0.0911. The highest BCUT2D eigenvalue weighted by molar-refractivity contribution is 7.91. The summed E-state index contributed by atoms with van der Waals surface area (Å²) in [6.07, 6.45) is 1.32. The van der Waals surface area contributed by atoms with Gasteiger partial charge in [0.05, 0.1) is 11.5 Å². The molecular formula is C16H23NO6S. The third-order valence-corrected chi connectivity index (χ3v) is 5.77. The molecule has 1 aromatic rings. The summed E-state index contributed by atoms with van der Waals surface area (Å²) >= 11 is 0. The summed E-state index contributed by atoms with van der Waals surface area (Å²) in [7, 11) is -1.38. The predicted molar refractivity (Wildman–Crippen MR) is 89.2 cm³/mol. The molecule has 24 heavy (non-hydrogen) atoms. The van der Waals surface area contributed by atoms with Gasteiger partial charge in [-0.1, -0.05) is 12.1 Å². The number of carboxylic acid groups (broad SMARTS) is 1. The Morgan fingerprint density at radius 1 is 1.38 bits per heavy atom. The van der Waals surface area contributed by atoms with Crippen LogP contribution in [0.15, 0.2) is 24.3 Å². The third-order valence-electron chi connectivity index (χ3n) is 4.02. The van der Waals surface area contributed by atoms with Crippen LogP contribution in [0, 0.1) is 0 Å². The summed E-state index contributed by atoms with van der Waals surface area (Å²) < 4.78 is 34.2. The van der Waals surface area contributed by atoms with Crippen molar-refractivity contribution >= 4 is 15.8 Å². The van der Waals surface area contributed by atoms with E-state index in [-0.39, 0.29) is 35.6 Å². The van der Waals surface area contributed by atoms with Crippen LogP contribution in [0.5, 0.6) is 5.75 Å². The highest BCUT2D eigenvalue weighted by Crippen LogP contribution is 2.21. The fourth-order valence-electron chi connectivity index (χ4n) is 2.75. The molecule has 1 atom stereocenters. The number of benzene rings is 1. The van der Waals surface area contributed by atoms with E-state index >= 15 is 0 Å². The van der Waals surface area contributed by atoms with Crippen LogP contribution < -0.4 is 4.74 Å². The van der Waals surface area contributed by atoms with Crippen LogP contribution in [-0.2, 0) is 14.6 Å². The van der Waals surface area contributed by atoms with Gasteiger partial charge in [-0.3, -0.25) is 4.90 Å². The van der Waals surface area contributed by atoms with Crippen molar-refractivity contribution in [2.24, 2.45) is 0 Å². The smallest absolute Gasteiger partial charge is 0.339 e. The molecule has 0 aliphatic carbocycles. The molecule has 1 fully saturated rings. The maximum atomic E-state index is 11.7. The zero-order valence-corrected chi connectivity index (χ0v) is 14.5. The van der Waals surface area contributed by atoms with Crippen molar-refractivity contribution in [2.45, 2.75) is 18.9 Å². The van der Waals surface area contributed by atoms with Crippen molar-refractivity contribution < 1.29 is 27.8 Å². The van der Waals surface area contributed by atoms with E-state index in [2.05, 4.69) is 0 Å². The van der Waals surface area contributed by atoms with E-state index < -0.39 is 15.8 Å². The average Bonchev–Trinajstić information content (AvgIpc) is 2.91.